The van der Waals surface area contributed by atoms with Crippen LogP contribution in [0.25, 0.3) is 0 Å². The van der Waals surface area contributed by atoms with Crippen molar-refractivity contribution in [2.45, 2.75) is 36.3 Å². The van der Waals surface area contributed by atoms with Crippen LogP contribution in [0.15, 0.2) is 33.0 Å². The van der Waals surface area contributed by atoms with Crippen molar-refractivity contribution in [3.8, 4) is 0 Å². The Labute approximate surface area is 121 Å². The average Bonchev–Trinajstić information content (AvgIpc) is 2.78. The van der Waals surface area contributed by atoms with E-state index in [9.17, 15) is 18.0 Å². The van der Waals surface area contributed by atoms with Crippen molar-refractivity contribution in [3.05, 3.63) is 39.8 Å². The van der Waals surface area contributed by atoms with E-state index < -0.39 is 24.0 Å². The van der Waals surface area contributed by atoms with Gasteiger partial charge in [0.05, 0.1) is 12.2 Å². The largest absolute Gasteiger partial charge is 0.416 e. The van der Waals surface area contributed by atoms with Crippen LogP contribution < -0.4 is 5.69 Å². The Morgan fingerprint density at radius 3 is 2.71 bits per heavy atom. The molecule has 114 valence electrons. The Hall–Kier alpha value is -1.74. The minimum Gasteiger partial charge on any atom is -0.392 e. The number of hydrogen-bond acceptors (Lipinski definition) is 4. The van der Waals surface area contributed by atoms with Crippen LogP contribution in [0.3, 0.4) is 0 Å². The highest BCUT2D eigenvalue weighted by Gasteiger charge is 2.33. The van der Waals surface area contributed by atoms with Crippen molar-refractivity contribution in [2.75, 3.05) is 0 Å². The van der Waals surface area contributed by atoms with Crippen LogP contribution >= 0.6 is 11.8 Å². The molecule has 2 aromatic rings. The van der Waals surface area contributed by atoms with Crippen LogP contribution in [0.1, 0.15) is 18.1 Å². The maximum atomic E-state index is 12.9. The summed E-state index contributed by atoms with van der Waals surface area (Å²) in [7, 11) is 0. The fraction of sp³-hybridized carbons (Fsp3) is 0.333. The lowest BCUT2D eigenvalue weighted by molar-refractivity contribution is -0.138. The first-order chi connectivity index (χ1) is 9.86. The number of H-pyrrole nitrogens is 1. The second kappa shape index (κ2) is 5.94. The van der Waals surface area contributed by atoms with Crippen molar-refractivity contribution in [1.82, 2.24) is 14.8 Å². The van der Waals surface area contributed by atoms with Gasteiger partial charge in [0.25, 0.3) is 0 Å². The van der Waals surface area contributed by atoms with Gasteiger partial charge in [0.2, 0.25) is 0 Å². The van der Waals surface area contributed by atoms with E-state index in [2.05, 4.69) is 10.2 Å². The van der Waals surface area contributed by atoms with E-state index in [1.165, 1.54) is 16.7 Å². The van der Waals surface area contributed by atoms with Crippen molar-refractivity contribution in [3.63, 3.8) is 0 Å². The van der Waals surface area contributed by atoms with Gasteiger partial charge in [-0.1, -0.05) is 6.07 Å². The molecule has 0 saturated carbocycles. The molecule has 0 amide bonds. The molecule has 0 saturated heterocycles. The predicted octanol–water partition coefficient (Wildman–Crippen LogP) is 2.25. The highest BCUT2D eigenvalue weighted by atomic mass is 32.2. The lowest BCUT2D eigenvalue weighted by Crippen LogP contribution is -2.16. The number of nitrogens with zero attached hydrogens (tertiary/aromatic N) is 2. The zero-order valence-corrected chi connectivity index (χ0v) is 11.8. The number of rotatable bonds is 4. The third-order valence-electron chi connectivity index (χ3n) is 2.81. The van der Waals surface area contributed by atoms with E-state index in [-0.39, 0.29) is 15.6 Å². The summed E-state index contributed by atoms with van der Waals surface area (Å²) in [4.78, 5) is 11.7. The number of hydrogen-bond donors (Lipinski definition) is 2. The zero-order valence-electron chi connectivity index (χ0n) is 10.9. The third-order valence-corrected chi connectivity index (χ3v) is 3.79. The van der Waals surface area contributed by atoms with E-state index in [1.54, 1.807) is 6.92 Å². The molecule has 0 aliphatic carbocycles. The number of aliphatic hydroxyl groups excluding tert-OH is 1. The number of nitrogens with one attached hydrogen (secondary N) is 1. The van der Waals surface area contributed by atoms with Gasteiger partial charge in [0.15, 0.2) is 5.16 Å². The number of aromatic amines is 1. The summed E-state index contributed by atoms with van der Waals surface area (Å²) < 4.78 is 40.0. The van der Waals surface area contributed by atoms with Gasteiger partial charge in [-0.05, 0) is 36.4 Å². The first kappa shape index (κ1) is 15.6. The average molecular weight is 319 g/mol. The Balaban J connectivity index is 2.39. The second-order valence-electron chi connectivity index (χ2n) is 4.13. The van der Waals surface area contributed by atoms with Gasteiger partial charge < -0.3 is 5.11 Å². The molecule has 0 aliphatic heterocycles. The van der Waals surface area contributed by atoms with Crippen molar-refractivity contribution in [2.24, 2.45) is 0 Å². The van der Waals surface area contributed by atoms with Gasteiger partial charge in [-0.2, -0.15) is 13.2 Å². The number of benzene rings is 1. The zero-order chi connectivity index (χ0) is 15.6. The van der Waals surface area contributed by atoms with E-state index in [0.29, 0.717) is 6.54 Å². The monoisotopic (exact) mass is 319 g/mol. The van der Waals surface area contributed by atoms with Gasteiger partial charge in [-0.15, -0.1) is 5.10 Å². The lowest BCUT2D eigenvalue weighted by atomic mass is 10.1. The second-order valence-corrected chi connectivity index (χ2v) is 5.17. The molecule has 0 radical (unpaired) electrons. The van der Waals surface area contributed by atoms with Crippen molar-refractivity contribution in [1.29, 1.82) is 0 Å². The minimum atomic E-state index is -4.55. The Morgan fingerprint density at radius 1 is 1.43 bits per heavy atom. The van der Waals surface area contributed by atoms with Crippen LogP contribution in [0.4, 0.5) is 13.2 Å². The molecule has 0 bridgehead atoms. The molecule has 0 spiro atoms. The van der Waals surface area contributed by atoms with Gasteiger partial charge in [0.1, 0.15) is 0 Å². The van der Waals surface area contributed by atoms with Crippen LogP contribution in [-0.4, -0.2) is 19.9 Å². The van der Waals surface area contributed by atoms with Gasteiger partial charge in [-0.25, -0.2) is 9.89 Å². The molecule has 0 unspecified atom stereocenters. The molecule has 0 atom stereocenters. The fourth-order valence-corrected chi connectivity index (χ4v) is 2.72. The van der Waals surface area contributed by atoms with Crippen molar-refractivity contribution < 1.29 is 18.3 Å². The smallest absolute Gasteiger partial charge is 0.392 e. The lowest BCUT2D eigenvalue weighted by Gasteiger charge is -2.12. The maximum Gasteiger partial charge on any atom is 0.416 e. The summed E-state index contributed by atoms with van der Waals surface area (Å²) in [6.45, 7) is 1.40. The van der Waals surface area contributed by atoms with E-state index in [0.717, 1.165) is 17.8 Å². The topological polar surface area (TPSA) is 70.9 Å². The number of aromatic nitrogens is 3. The molecule has 1 heterocycles. The van der Waals surface area contributed by atoms with Crippen LogP contribution in [0.5, 0.6) is 0 Å². The normalized spacial score (nSPS) is 11.9. The highest BCUT2D eigenvalue weighted by molar-refractivity contribution is 7.99. The maximum absolute atomic E-state index is 12.9. The summed E-state index contributed by atoms with van der Waals surface area (Å²) in [5, 5.41) is 15.3. The van der Waals surface area contributed by atoms with Gasteiger partial charge in [0, 0.05) is 11.4 Å². The summed E-state index contributed by atoms with van der Waals surface area (Å²) in [5.41, 5.74) is -1.50. The standard InChI is InChI=1S/C12H12F3N3O2S/c1-2-18-10(20)16-17-11(18)21-8-4-3-7(6-19)9(5-8)12(13,14)15/h3-5,19H,2,6H2,1H3,(H,16,20). The first-order valence-corrected chi connectivity index (χ1v) is 6.82. The molecule has 0 aliphatic rings. The van der Waals surface area contributed by atoms with Crippen LogP contribution in [0.2, 0.25) is 0 Å². The molecule has 1 aromatic carbocycles. The number of halogens is 3. The van der Waals surface area contributed by atoms with E-state index >= 15 is 0 Å². The summed E-state index contributed by atoms with van der Waals surface area (Å²) in [6, 6.07) is 3.60. The summed E-state index contributed by atoms with van der Waals surface area (Å²) in [5.74, 6) is 0. The summed E-state index contributed by atoms with van der Waals surface area (Å²) >= 11 is 0.948. The molecule has 21 heavy (non-hydrogen) atoms. The molecule has 1 aromatic heterocycles. The summed E-state index contributed by atoms with van der Waals surface area (Å²) in [6.07, 6.45) is -4.55. The molecule has 9 heteroatoms. The first-order valence-electron chi connectivity index (χ1n) is 6.00. The molecule has 2 N–H and O–H groups in total. The Morgan fingerprint density at radius 2 is 2.14 bits per heavy atom. The molecular formula is C12H12F3N3O2S. The predicted molar refractivity (Wildman–Crippen MR) is 70.0 cm³/mol. The van der Waals surface area contributed by atoms with E-state index in [4.69, 9.17) is 5.11 Å². The van der Waals surface area contributed by atoms with Gasteiger partial charge >= 0.3 is 11.9 Å². The third kappa shape index (κ3) is 3.30. The van der Waals surface area contributed by atoms with Crippen LogP contribution in [0, 0.1) is 0 Å². The highest BCUT2D eigenvalue weighted by Crippen LogP contribution is 2.36. The number of alkyl halides is 3. The Bertz CT molecular complexity index is 694. The van der Waals surface area contributed by atoms with Gasteiger partial charge in [-0.3, -0.25) is 4.57 Å². The van der Waals surface area contributed by atoms with Crippen LogP contribution in [-0.2, 0) is 19.3 Å². The Kier molecular flexibility index (Phi) is 4.43. The molecule has 5 nitrogen and oxygen atoms in total. The molecule has 2 rings (SSSR count). The number of aliphatic hydroxyl groups is 1. The quantitative estimate of drug-likeness (QED) is 0.907. The fourth-order valence-electron chi connectivity index (χ4n) is 1.79. The van der Waals surface area contributed by atoms with Crippen molar-refractivity contribution >= 4 is 11.8 Å². The minimum absolute atomic E-state index is 0.193. The molecule has 0 fully saturated rings. The SMILES string of the molecule is CCn1c(Sc2ccc(CO)c(C(F)(F)F)c2)n[nH]c1=O. The molecular weight excluding hydrogens is 307 g/mol. The van der Waals surface area contributed by atoms with E-state index in [1.807, 2.05) is 0 Å².